The first-order valence-corrected chi connectivity index (χ1v) is 8.49. The monoisotopic (exact) mass is 432 g/mol. The van der Waals surface area contributed by atoms with E-state index in [1.807, 2.05) is 0 Å². The van der Waals surface area contributed by atoms with Gasteiger partial charge in [-0.25, -0.2) is 4.99 Å². The van der Waals surface area contributed by atoms with Crippen molar-refractivity contribution in [3.63, 3.8) is 0 Å². The number of halogens is 1. The summed E-state index contributed by atoms with van der Waals surface area (Å²) in [6.45, 7) is 14.6. The van der Waals surface area contributed by atoms with E-state index in [-0.39, 0.29) is 24.0 Å². The first-order chi connectivity index (χ1) is 10.7. The van der Waals surface area contributed by atoms with Gasteiger partial charge in [0, 0.05) is 13.1 Å². The number of guanidine groups is 1. The van der Waals surface area contributed by atoms with Crippen LogP contribution in [0.25, 0.3) is 0 Å². The molecule has 0 saturated heterocycles. The van der Waals surface area contributed by atoms with E-state index in [4.69, 9.17) is 0 Å². The maximum absolute atomic E-state index is 4.66. The molecular formula is C18H33IN4. The summed E-state index contributed by atoms with van der Waals surface area (Å²) in [6, 6.07) is 8.52. The molecule has 0 heterocycles. The second-order valence-corrected chi connectivity index (χ2v) is 5.49. The number of nitrogens with one attached hydrogen (secondary N) is 2. The molecule has 0 aliphatic rings. The topological polar surface area (TPSA) is 39.7 Å². The van der Waals surface area contributed by atoms with Gasteiger partial charge in [-0.3, -0.25) is 0 Å². The number of benzene rings is 1. The van der Waals surface area contributed by atoms with Crippen molar-refractivity contribution in [2.45, 2.75) is 40.7 Å². The molecule has 5 heteroatoms. The predicted molar refractivity (Wildman–Crippen MR) is 112 cm³/mol. The maximum Gasteiger partial charge on any atom is 0.191 e. The Morgan fingerprint density at radius 1 is 1.13 bits per heavy atom. The lowest BCUT2D eigenvalue weighted by molar-refractivity contribution is 0.300. The van der Waals surface area contributed by atoms with E-state index in [9.17, 15) is 0 Å². The number of hydrogen-bond acceptors (Lipinski definition) is 2. The van der Waals surface area contributed by atoms with Crippen LogP contribution in [-0.4, -0.2) is 43.6 Å². The van der Waals surface area contributed by atoms with Gasteiger partial charge >= 0.3 is 0 Å². The lowest BCUT2D eigenvalue weighted by atomic mass is 10.1. The van der Waals surface area contributed by atoms with E-state index < -0.39 is 0 Å². The van der Waals surface area contributed by atoms with Crippen LogP contribution in [0.3, 0.4) is 0 Å². The van der Waals surface area contributed by atoms with Gasteiger partial charge in [-0.15, -0.1) is 24.0 Å². The lowest BCUT2D eigenvalue weighted by Crippen LogP contribution is -2.38. The highest BCUT2D eigenvalue weighted by Crippen LogP contribution is 2.04. The fourth-order valence-electron chi connectivity index (χ4n) is 2.37. The second-order valence-electron chi connectivity index (χ2n) is 5.49. The summed E-state index contributed by atoms with van der Waals surface area (Å²) in [6.07, 6.45) is 1.14. The normalized spacial score (nSPS) is 11.3. The molecule has 23 heavy (non-hydrogen) atoms. The van der Waals surface area contributed by atoms with Crippen molar-refractivity contribution in [3.05, 3.63) is 35.4 Å². The minimum absolute atomic E-state index is 0. The van der Waals surface area contributed by atoms with Gasteiger partial charge in [0.25, 0.3) is 0 Å². The zero-order chi connectivity index (χ0) is 16.2. The number of aliphatic imine (C=N–C) groups is 1. The summed E-state index contributed by atoms with van der Waals surface area (Å²) in [5, 5.41) is 6.73. The van der Waals surface area contributed by atoms with Crippen molar-refractivity contribution in [2.75, 3.05) is 32.7 Å². The highest BCUT2D eigenvalue weighted by atomic mass is 127. The molecule has 0 saturated carbocycles. The van der Waals surface area contributed by atoms with Crippen LogP contribution < -0.4 is 10.6 Å². The molecule has 1 aromatic carbocycles. The molecule has 0 fully saturated rings. The van der Waals surface area contributed by atoms with Crippen molar-refractivity contribution in [1.82, 2.24) is 15.5 Å². The Kier molecular flexibility index (Phi) is 13.1. The molecule has 132 valence electrons. The van der Waals surface area contributed by atoms with Crippen molar-refractivity contribution >= 4 is 29.9 Å². The molecule has 0 amide bonds. The smallest absolute Gasteiger partial charge is 0.191 e. The largest absolute Gasteiger partial charge is 0.357 e. The summed E-state index contributed by atoms with van der Waals surface area (Å²) < 4.78 is 0. The zero-order valence-corrected chi connectivity index (χ0v) is 17.4. The van der Waals surface area contributed by atoms with Crippen LogP contribution in [0.5, 0.6) is 0 Å². The number of nitrogens with zero attached hydrogens (tertiary/aromatic N) is 2. The molecule has 0 unspecified atom stereocenters. The molecule has 2 N–H and O–H groups in total. The third kappa shape index (κ3) is 9.81. The molecule has 0 aliphatic carbocycles. The molecule has 1 rings (SSSR count). The summed E-state index contributed by atoms with van der Waals surface area (Å²) in [5.74, 6) is 0.906. The van der Waals surface area contributed by atoms with Crippen molar-refractivity contribution in [3.8, 4) is 0 Å². The summed E-state index contributed by atoms with van der Waals surface area (Å²) >= 11 is 0. The van der Waals surface area contributed by atoms with Crippen LogP contribution in [0, 0.1) is 6.92 Å². The van der Waals surface area contributed by atoms with Crippen LogP contribution in [0.15, 0.2) is 29.3 Å². The Bertz CT molecular complexity index is 444. The summed E-state index contributed by atoms with van der Waals surface area (Å²) in [4.78, 5) is 7.11. The quantitative estimate of drug-likeness (QED) is 0.272. The second kappa shape index (κ2) is 13.6. The third-order valence-electron chi connectivity index (χ3n) is 3.68. The molecule has 0 radical (unpaired) electrons. The molecule has 0 spiro atoms. The third-order valence-corrected chi connectivity index (χ3v) is 3.68. The highest BCUT2D eigenvalue weighted by molar-refractivity contribution is 14.0. The van der Waals surface area contributed by atoms with Crippen LogP contribution in [-0.2, 0) is 6.54 Å². The van der Waals surface area contributed by atoms with Gasteiger partial charge < -0.3 is 15.5 Å². The van der Waals surface area contributed by atoms with Crippen molar-refractivity contribution < 1.29 is 0 Å². The Hall–Kier alpha value is -0.820. The first-order valence-electron chi connectivity index (χ1n) is 8.49. The molecule has 4 nitrogen and oxygen atoms in total. The Morgan fingerprint density at radius 3 is 2.48 bits per heavy atom. The minimum atomic E-state index is 0. The Balaban J connectivity index is 0.00000484. The molecular weight excluding hydrogens is 399 g/mol. The molecule has 0 aromatic heterocycles. The van der Waals surface area contributed by atoms with Gasteiger partial charge in [-0.1, -0.05) is 43.7 Å². The van der Waals surface area contributed by atoms with Gasteiger partial charge in [-0.05, 0) is 45.5 Å². The number of rotatable bonds is 9. The van der Waals surface area contributed by atoms with E-state index in [0.29, 0.717) is 6.54 Å². The average molecular weight is 432 g/mol. The molecule has 1 aromatic rings. The Labute approximate surface area is 159 Å². The average Bonchev–Trinajstić information content (AvgIpc) is 2.52. The molecule has 0 atom stereocenters. The van der Waals surface area contributed by atoms with Crippen molar-refractivity contribution in [2.24, 2.45) is 4.99 Å². The van der Waals surface area contributed by atoms with Gasteiger partial charge in [-0.2, -0.15) is 0 Å². The van der Waals surface area contributed by atoms with Crippen LogP contribution in [0.2, 0.25) is 0 Å². The highest BCUT2D eigenvalue weighted by Gasteiger charge is 2.00. The zero-order valence-electron chi connectivity index (χ0n) is 15.1. The lowest BCUT2D eigenvalue weighted by Gasteiger charge is -2.18. The van der Waals surface area contributed by atoms with E-state index in [2.05, 4.69) is 72.5 Å². The van der Waals surface area contributed by atoms with Crippen LogP contribution in [0.4, 0.5) is 0 Å². The van der Waals surface area contributed by atoms with E-state index >= 15 is 0 Å². The number of hydrogen-bond donors (Lipinski definition) is 2. The molecule has 0 bridgehead atoms. The van der Waals surface area contributed by atoms with Gasteiger partial charge in [0.05, 0.1) is 6.54 Å². The summed E-state index contributed by atoms with van der Waals surface area (Å²) in [5.41, 5.74) is 2.53. The van der Waals surface area contributed by atoms with Gasteiger partial charge in [0.15, 0.2) is 5.96 Å². The van der Waals surface area contributed by atoms with Crippen LogP contribution >= 0.6 is 24.0 Å². The van der Waals surface area contributed by atoms with E-state index in [1.165, 1.54) is 11.1 Å². The van der Waals surface area contributed by atoms with Crippen molar-refractivity contribution in [1.29, 1.82) is 0 Å². The van der Waals surface area contributed by atoms with Crippen LogP contribution in [0.1, 0.15) is 38.3 Å². The van der Waals surface area contributed by atoms with Gasteiger partial charge in [0.2, 0.25) is 0 Å². The first kappa shape index (κ1) is 22.2. The SMILES string of the molecule is CCNC(=NCc1cccc(C)c1)NCCCN(CC)CC.I. The Morgan fingerprint density at radius 2 is 1.87 bits per heavy atom. The summed E-state index contributed by atoms with van der Waals surface area (Å²) in [7, 11) is 0. The number of aryl methyl sites for hydroxylation is 1. The molecule has 0 aliphatic heterocycles. The van der Waals surface area contributed by atoms with E-state index in [1.54, 1.807) is 0 Å². The fourth-order valence-corrected chi connectivity index (χ4v) is 2.37. The van der Waals surface area contributed by atoms with E-state index in [0.717, 1.165) is 45.1 Å². The standard InChI is InChI=1S/C18H32N4.HI/c1-5-19-18(20-12-9-13-22(6-2)7-3)21-15-17-11-8-10-16(4)14-17;/h8,10-11,14H,5-7,9,12-13,15H2,1-4H3,(H2,19,20,21);1H. The minimum Gasteiger partial charge on any atom is -0.357 e. The van der Waals surface area contributed by atoms with Gasteiger partial charge in [0.1, 0.15) is 0 Å². The fraction of sp³-hybridized carbons (Fsp3) is 0.611. The predicted octanol–water partition coefficient (Wildman–Crippen LogP) is 3.40. The maximum atomic E-state index is 4.66.